The van der Waals surface area contributed by atoms with Crippen LogP contribution in [0.2, 0.25) is 0 Å². The highest BCUT2D eigenvalue weighted by atomic mass is 14.9. The molecule has 0 aliphatic carbocycles. The molecule has 18 heavy (non-hydrogen) atoms. The molecule has 2 rings (SSSR count). The first-order valence-electron chi connectivity index (χ1n) is 6.72. The third kappa shape index (κ3) is 3.13. The van der Waals surface area contributed by atoms with Crippen LogP contribution in [0.4, 0.5) is 11.4 Å². The van der Waals surface area contributed by atoms with E-state index >= 15 is 0 Å². The van der Waals surface area contributed by atoms with Crippen LogP contribution in [-0.2, 0) is 6.42 Å². The smallest absolute Gasteiger partial charge is 0.0419 e. The zero-order chi connectivity index (χ0) is 12.8. The van der Waals surface area contributed by atoms with Crippen LogP contribution in [-0.4, -0.2) is 0 Å². The molecule has 0 atom stereocenters. The number of anilines is 2. The van der Waals surface area contributed by atoms with Gasteiger partial charge in [-0.1, -0.05) is 43.7 Å². The minimum absolute atomic E-state index is 1.15. The van der Waals surface area contributed by atoms with Crippen LogP contribution in [0.15, 0.2) is 48.5 Å². The molecule has 0 fully saturated rings. The Morgan fingerprint density at radius 1 is 0.944 bits per heavy atom. The molecule has 0 radical (unpaired) electrons. The molecular weight excluding hydrogens is 218 g/mol. The van der Waals surface area contributed by atoms with Crippen LogP contribution < -0.4 is 5.32 Å². The van der Waals surface area contributed by atoms with E-state index in [4.69, 9.17) is 0 Å². The lowest BCUT2D eigenvalue weighted by Gasteiger charge is -2.14. The third-order valence-corrected chi connectivity index (χ3v) is 3.24. The molecule has 2 aromatic rings. The van der Waals surface area contributed by atoms with Gasteiger partial charge in [-0.2, -0.15) is 0 Å². The van der Waals surface area contributed by atoms with E-state index in [0.29, 0.717) is 0 Å². The van der Waals surface area contributed by atoms with Gasteiger partial charge in [-0.15, -0.1) is 0 Å². The van der Waals surface area contributed by atoms with Gasteiger partial charge in [-0.3, -0.25) is 0 Å². The zero-order valence-corrected chi connectivity index (χ0v) is 11.2. The SMILES string of the molecule is CCCCc1c(C)cccc1Nc1ccccc1. The van der Waals surface area contributed by atoms with Gasteiger partial charge in [0.25, 0.3) is 0 Å². The predicted molar refractivity (Wildman–Crippen MR) is 79.5 cm³/mol. The molecule has 1 N–H and O–H groups in total. The van der Waals surface area contributed by atoms with Crippen molar-refractivity contribution < 1.29 is 0 Å². The maximum Gasteiger partial charge on any atom is 0.0419 e. The highest BCUT2D eigenvalue weighted by molar-refractivity contribution is 5.64. The van der Waals surface area contributed by atoms with Crippen molar-refractivity contribution in [1.29, 1.82) is 0 Å². The van der Waals surface area contributed by atoms with E-state index in [1.54, 1.807) is 0 Å². The Morgan fingerprint density at radius 3 is 2.44 bits per heavy atom. The first-order valence-corrected chi connectivity index (χ1v) is 6.72. The van der Waals surface area contributed by atoms with Gasteiger partial charge in [0.2, 0.25) is 0 Å². The third-order valence-electron chi connectivity index (χ3n) is 3.24. The minimum atomic E-state index is 1.15. The molecule has 0 aromatic heterocycles. The largest absolute Gasteiger partial charge is 0.355 e. The number of unbranched alkanes of at least 4 members (excludes halogenated alkanes) is 1. The van der Waals surface area contributed by atoms with Gasteiger partial charge in [-0.25, -0.2) is 0 Å². The number of hydrogen-bond acceptors (Lipinski definition) is 1. The second-order valence-corrected chi connectivity index (χ2v) is 4.70. The molecule has 0 unspecified atom stereocenters. The molecule has 1 heteroatoms. The molecule has 0 aliphatic rings. The van der Waals surface area contributed by atoms with Gasteiger partial charge in [0, 0.05) is 11.4 Å². The zero-order valence-electron chi connectivity index (χ0n) is 11.2. The average molecular weight is 239 g/mol. The Hall–Kier alpha value is -1.76. The summed E-state index contributed by atoms with van der Waals surface area (Å²) in [7, 11) is 0. The quantitative estimate of drug-likeness (QED) is 0.767. The van der Waals surface area contributed by atoms with E-state index in [1.165, 1.54) is 29.7 Å². The van der Waals surface area contributed by atoms with E-state index < -0.39 is 0 Å². The number of hydrogen-bond donors (Lipinski definition) is 1. The molecule has 0 saturated heterocycles. The van der Waals surface area contributed by atoms with Crippen molar-refractivity contribution >= 4 is 11.4 Å². The van der Waals surface area contributed by atoms with Crippen molar-refractivity contribution in [1.82, 2.24) is 0 Å². The molecule has 0 heterocycles. The number of nitrogens with one attached hydrogen (secondary N) is 1. The van der Waals surface area contributed by atoms with Crippen LogP contribution in [0, 0.1) is 6.92 Å². The van der Waals surface area contributed by atoms with E-state index in [9.17, 15) is 0 Å². The molecule has 1 nitrogen and oxygen atoms in total. The first-order chi connectivity index (χ1) is 8.81. The van der Waals surface area contributed by atoms with Crippen molar-refractivity contribution in [3.8, 4) is 0 Å². The summed E-state index contributed by atoms with van der Waals surface area (Å²) in [6, 6.07) is 16.9. The molecule has 0 saturated carbocycles. The number of benzene rings is 2. The fraction of sp³-hybridized carbons (Fsp3) is 0.294. The fourth-order valence-corrected chi connectivity index (χ4v) is 2.18. The predicted octanol–water partition coefficient (Wildman–Crippen LogP) is 5.08. The van der Waals surface area contributed by atoms with Gasteiger partial charge in [0.1, 0.15) is 0 Å². The van der Waals surface area contributed by atoms with Crippen LogP contribution in [0.25, 0.3) is 0 Å². The standard InChI is InChI=1S/C17H21N/c1-3-4-12-16-14(2)9-8-13-17(16)18-15-10-6-5-7-11-15/h5-11,13,18H,3-4,12H2,1-2H3. The number of rotatable bonds is 5. The second kappa shape index (κ2) is 6.25. The Bertz CT molecular complexity index is 488. The summed E-state index contributed by atoms with van der Waals surface area (Å²) < 4.78 is 0. The maximum absolute atomic E-state index is 3.52. The van der Waals surface area contributed by atoms with Crippen LogP contribution in [0.5, 0.6) is 0 Å². The summed E-state index contributed by atoms with van der Waals surface area (Å²) in [5.41, 5.74) is 5.23. The highest BCUT2D eigenvalue weighted by Gasteiger charge is 2.05. The normalized spacial score (nSPS) is 10.3. The summed E-state index contributed by atoms with van der Waals surface area (Å²) in [6.07, 6.45) is 3.63. The minimum Gasteiger partial charge on any atom is -0.355 e. The van der Waals surface area contributed by atoms with E-state index in [1.807, 2.05) is 6.07 Å². The average Bonchev–Trinajstić information content (AvgIpc) is 2.39. The first kappa shape index (κ1) is 12.7. The van der Waals surface area contributed by atoms with Crippen molar-refractivity contribution in [2.75, 3.05) is 5.32 Å². The summed E-state index contributed by atoms with van der Waals surface area (Å²) in [5, 5.41) is 3.52. The Kier molecular flexibility index (Phi) is 4.40. The topological polar surface area (TPSA) is 12.0 Å². The summed E-state index contributed by atoms with van der Waals surface area (Å²) >= 11 is 0. The van der Waals surface area contributed by atoms with Crippen LogP contribution in [0.1, 0.15) is 30.9 Å². The van der Waals surface area contributed by atoms with Crippen LogP contribution >= 0.6 is 0 Å². The molecule has 0 bridgehead atoms. The second-order valence-electron chi connectivity index (χ2n) is 4.70. The van der Waals surface area contributed by atoms with Crippen molar-refractivity contribution in [2.45, 2.75) is 33.1 Å². The van der Waals surface area contributed by atoms with Gasteiger partial charge in [-0.05, 0) is 49.1 Å². The summed E-state index contributed by atoms with van der Waals surface area (Å²) in [4.78, 5) is 0. The molecule has 0 amide bonds. The molecule has 0 aliphatic heterocycles. The monoisotopic (exact) mass is 239 g/mol. The lowest BCUT2D eigenvalue weighted by Crippen LogP contribution is -1.98. The Labute approximate surface area is 110 Å². The summed E-state index contributed by atoms with van der Waals surface area (Å²) in [5.74, 6) is 0. The van der Waals surface area contributed by atoms with Gasteiger partial charge < -0.3 is 5.32 Å². The number of para-hydroxylation sites is 1. The van der Waals surface area contributed by atoms with Gasteiger partial charge >= 0.3 is 0 Å². The van der Waals surface area contributed by atoms with Gasteiger partial charge in [0.15, 0.2) is 0 Å². The highest BCUT2D eigenvalue weighted by Crippen LogP contribution is 2.25. The molecule has 0 spiro atoms. The van der Waals surface area contributed by atoms with E-state index in [-0.39, 0.29) is 0 Å². The van der Waals surface area contributed by atoms with E-state index in [2.05, 4.69) is 61.6 Å². The Morgan fingerprint density at radius 2 is 1.72 bits per heavy atom. The molecular formula is C17H21N. The van der Waals surface area contributed by atoms with Crippen molar-refractivity contribution in [3.63, 3.8) is 0 Å². The van der Waals surface area contributed by atoms with Crippen molar-refractivity contribution in [3.05, 3.63) is 59.7 Å². The molecule has 2 aromatic carbocycles. The lowest BCUT2D eigenvalue weighted by atomic mass is 10.0. The maximum atomic E-state index is 3.52. The van der Waals surface area contributed by atoms with Gasteiger partial charge in [0.05, 0.1) is 0 Å². The van der Waals surface area contributed by atoms with Crippen molar-refractivity contribution in [2.24, 2.45) is 0 Å². The fourth-order valence-electron chi connectivity index (χ4n) is 2.18. The summed E-state index contributed by atoms with van der Waals surface area (Å²) in [6.45, 7) is 4.43. The lowest BCUT2D eigenvalue weighted by molar-refractivity contribution is 0.792. The Balaban J connectivity index is 2.24. The van der Waals surface area contributed by atoms with Crippen LogP contribution in [0.3, 0.4) is 0 Å². The molecule has 94 valence electrons. The van der Waals surface area contributed by atoms with E-state index in [0.717, 1.165) is 12.1 Å². The number of aryl methyl sites for hydroxylation is 1.